The zero-order valence-electron chi connectivity index (χ0n) is 17.0. The third-order valence-corrected chi connectivity index (χ3v) is 7.77. The highest BCUT2D eigenvalue weighted by molar-refractivity contribution is 7.92. The molecule has 2 N–H and O–H groups in total. The lowest BCUT2D eigenvalue weighted by atomic mass is 9.77. The van der Waals surface area contributed by atoms with Crippen molar-refractivity contribution in [2.45, 2.75) is 30.2 Å². The van der Waals surface area contributed by atoms with Gasteiger partial charge in [-0.05, 0) is 72.9 Å². The molecule has 0 fully saturated rings. The summed E-state index contributed by atoms with van der Waals surface area (Å²) < 4.78 is 28.7. The van der Waals surface area contributed by atoms with E-state index >= 15 is 0 Å². The summed E-state index contributed by atoms with van der Waals surface area (Å²) in [6.45, 7) is 1.97. The lowest BCUT2D eigenvalue weighted by Gasteiger charge is -2.37. The number of fused-ring (bicyclic) bond motifs is 3. The summed E-state index contributed by atoms with van der Waals surface area (Å²) in [7, 11) is -3.68. The lowest BCUT2D eigenvalue weighted by molar-refractivity contribution is 0.425. The van der Waals surface area contributed by atoms with Crippen LogP contribution in [-0.2, 0) is 10.0 Å². The Hall–Kier alpha value is -2.76. The molecule has 5 rings (SSSR count). The maximum absolute atomic E-state index is 13.0. The topological polar surface area (TPSA) is 58.2 Å². The molecule has 0 aromatic heterocycles. The summed E-state index contributed by atoms with van der Waals surface area (Å²) in [5.74, 6) is 0.476. The van der Waals surface area contributed by atoms with Crippen LogP contribution in [0.1, 0.15) is 35.1 Å². The van der Waals surface area contributed by atoms with E-state index in [1.165, 1.54) is 0 Å². The van der Waals surface area contributed by atoms with Gasteiger partial charge in [-0.1, -0.05) is 53.6 Å². The normalized spacial score (nSPS) is 21.8. The van der Waals surface area contributed by atoms with Crippen LogP contribution < -0.4 is 10.0 Å². The first kappa shape index (κ1) is 20.2. The van der Waals surface area contributed by atoms with Crippen LogP contribution in [-0.4, -0.2) is 8.42 Å². The zero-order chi connectivity index (χ0) is 21.6. The molecular weight excluding hydrogens is 428 g/mol. The molecule has 0 radical (unpaired) electrons. The number of nitrogens with one attached hydrogen (secondary N) is 2. The fourth-order valence-corrected chi connectivity index (χ4v) is 5.90. The number of hydrogen-bond acceptors (Lipinski definition) is 3. The van der Waals surface area contributed by atoms with Crippen molar-refractivity contribution in [1.82, 2.24) is 0 Å². The van der Waals surface area contributed by atoms with Gasteiger partial charge in [-0.25, -0.2) is 8.42 Å². The molecule has 1 heterocycles. The predicted molar refractivity (Wildman–Crippen MR) is 126 cm³/mol. The molecule has 0 amide bonds. The highest BCUT2D eigenvalue weighted by Gasteiger charge is 2.38. The molecule has 3 atom stereocenters. The lowest BCUT2D eigenvalue weighted by Crippen LogP contribution is -2.29. The van der Waals surface area contributed by atoms with Crippen LogP contribution in [0.4, 0.5) is 11.4 Å². The zero-order valence-corrected chi connectivity index (χ0v) is 18.6. The molecule has 2 aliphatic rings. The molecular formula is C25H23ClN2O2S. The molecule has 4 nitrogen and oxygen atoms in total. The Kier molecular flexibility index (Phi) is 5.03. The third-order valence-electron chi connectivity index (χ3n) is 6.16. The van der Waals surface area contributed by atoms with Crippen LogP contribution in [0, 0.1) is 12.8 Å². The number of halogens is 1. The maximum atomic E-state index is 13.0. The fourth-order valence-electron chi connectivity index (χ4n) is 4.61. The number of allylic oxidation sites excluding steroid dienone is 2. The molecule has 3 aromatic rings. The molecule has 0 unspecified atom stereocenters. The minimum absolute atomic E-state index is 0.124. The van der Waals surface area contributed by atoms with Gasteiger partial charge in [0.25, 0.3) is 10.0 Å². The number of hydrogen-bond donors (Lipinski definition) is 2. The summed E-state index contributed by atoms with van der Waals surface area (Å²) in [5.41, 5.74) is 4.77. The largest absolute Gasteiger partial charge is 0.378 e. The van der Waals surface area contributed by atoms with E-state index < -0.39 is 10.0 Å². The Bertz CT molecular complexity index is 1270. The van der Waals surface area contributed by atoms with Gasteiger partial charge in [-0.2, -0.15) is 0 Å². The van der Waals surface area contributed by atoms with Crippen molar-refractivity contribution in [3.63, 3.8) is 0 Å². The van der Waals surface area contributed by atoms with Crippen molar-refractivity contribution < 1.29 is 8.42 Å². The Balaban J connectivity index is 1.49. The van der Waals surface area contributed by atoms with Crippen molar-refractivity contribution in [2.24, 2.45) is 5.92 Å². The smallest absolute Gasteiger partial charge is 0.261 e. The van der Waals surface area contributed by atoms with Gasteiger partial charge in [-0.3, -0.25) is 4.72 Å². The van der Waals surface area contributed by atoms with Crippen LogP contribution in [0.15, 0.2) is 83.8 Å². The van der Waals surface area contributed by atoms with E-state index in [0.717, 1.165) is 33.8 Å². The number of aryl methyl sites for hydroxylation is 1. The molecule has 0 spiro atoms. The first-order valence-corrected chi connectivity index (χ1v) is 12.2. The van der Waals surface area contributed by atoms with Crippen LogP contribution in [0.2, 0.25) is 5.02 Å². The van der Waals surface area contributed by atoms with Gasteiger partial charge in [0.05, 0.1) is 10.9 Å². The molecule has 158 valence electrons. The second kappa shape index (κ2) is 7.74. The van der Waals surface area contributed by atoms with Crippen LogP contribution in [0.5, 0.6) is 0 Å². The minimum atomic E-state index is -3.68. The standard InChI is InChI=1S/C25H23ClN2O2S/c1-16-8-10-19(11-9-16)28-31(29,30)20-12-13-24-23(15-20)21-6-3-7-22(21)25(27-24)17-4-2-5-18(26)14-17/h2-6,8-15,21-22,25,27-28H,7H2,1H3/t21-,22+,25+/m0/s1. The quantitative estimate of drug-likeness (QED) is 0.460. The van der Waals surface area contributed by atoms with Crippen molar-refractivity contribution >= 4 is 33.0 Å². The summed E-state index contributed by atoms with van der Waals surface area (Å²) in [6.07, 6.45) is 5.33. The van der Waals surface area contributed by atoms with Gasteiger partial charge in [-0.15, -0.1) is 0 Å². The van der Waals surface area contributed by atoms with E-state index in [4.69, 9.17) is 11.6 Å². The molecule has 6 heteroatoms. The van der Waals surface area contributed by atoms with E-state index in [1.807, 2.05) is 43.3 Å². The molecule has 0 saturated carbocycles. The van der Waals surface area contributed by atoms with Gasteiger partial charge >= 0.3 is 0 Å². The second-order valence-corrected chi connectivity index (χ2v) is 10.4. The second-order valence-electron chi connectivity index (χ2n) is 8.25. The summed E-state index contributed by atoms with van der Waals surface area (Å²) in [4.78, 5) is 0.272. The monoisotopic (exact) mass is 450 g/mol. The van der Waals surface area contributed by atoms with E-state index in [9.17, 15) is 8.42 Å². The average molecular weight is 451 g/mol. The van der Waals surface area contributed by atoms with Gasteiger partial charge < -0.3 is 5.32 Å². The summed E-state index contributed by atoms with van der Waals surface area (Å²) in [5, 5.41) is 4.35. The van der Waals surface area contributed by atoms with Gasteiger partial charge in [0.15, 0.2) is 0 Å². The Morgan fingerprint density at radius 2 is 1.84 bits per heavy atom. The number of rotatable bonds is 4. The van der Waals surface area contributed by atoms with Crippen molar-refractivity contribution in [2.75, 3.05) is 10.0 Å². The SMILES string of the molecule is Cc1ccc(NS(=O)(=O)c2ccc3c(c2)[C@H]2C=CC[C@H]2[C@@H](c2cccc(Cl)c2)N3)cc1. The molecule has 0 saturated heterocycles. The molecule has 0 bridgehead atoms. The third kappa shape index (κ3) is 3.84. The van der Waals surface area contributed by atoms with E-state index in [-0.39, 0.29) is 16.9 Å². The number of benzene rings is 3. The minimum Gasteiger partial charge on any atom is -0.378 e. The Morgan fingerprint density at radius 3 is 2.61 bits per heavy atom. The fraction of sp³-hybridized carbons (Fsp3) is 0.200. The molecule has 1 aliphatic carbocycles. The van der Waals surface area contributed by atoms with Crippen LogP contribution in [0.25, 0.3) is 0 Å². The number of sulfonamides is 1. The molecule has 1 aliphatic heterocycles. The first-order chi connectivity index (χ1) is 14.9. The molecule has 3 aromatic carbocycles. The Morgan fingerprint density at radius 1 is 1.03 bits per heavy atom. The first-order valence-electron chi connectivity index (χ1n) is 10.3. The van der Waals surface area contributed by atoms with Crippen LogP contribution >= 0.6 is 11.6 Å². The Labute approximate surface area is 188 Å². The summed E-state index contributed by atoms with van der Waals surface area (Å²) >= 11 is 6.24. The van der Waals surface area contributed by atoms with Crippen molar-refractivity contribution in [1.29, 1.82) is 0 Å². The van der Waals surface area contributed by atoms with Gasteiger partial charge in [0.2, 0.25) is 0 Å². The van der Waals surface area contributed by atoms with Crippen molar-refractivity contribution in [3.8, 4) is 0 Å². The van der Waals surface area contributed by atoms with Gasteiger partial charge in [0, 0.05) is 22.3 Å². The van der Waals surface area contributed by atoms with Gasteiger partial charge in [0.1, 0.15) is 0 Å². The average Bonchev–Trinajstić information content (AvgIpc) is 3.24. The predicted octanol–water partition coefficient (Wildman–Crippen LogP) is 6.28. The highest BCUT2D eigenvalue weighted by Crippen LogP contribution is 2.50. The highest BCUT2D eigenvalue weighted by atomic mass is 35.5. The van der Waals surface area contributed by atoms with E-state index in [1.54, 1.807) is 24.3 Å². The van der Waals surface area contributed by atoms with E-state index in [2.05, 4.69) is 28.3 Å². The maximum Gasteiger partial charge on any atom is 0.261 e. The van der Waals surface area contributed by atoms with Crippen molar-refractivity contribution in [3.05, 3.63) is 101 Å². The van der Waals surface area contributed by atoms with Crippen LogP contribution in [0.3, 0.4) is 0 Å². The molecule has 31 heavy (non-hydrogen) atoms. The summed E-state index contributed by atoms with van der Waals surface area (Å²) in [6, 6.07) is 20.7. The number of anilines is 2. The van der Waals surface area contributed by atoms with E-state index in [0.29, 0.717) is 11.6 Å².